The number of nitrogens with zero attached hydrogens (tertiary/aromatic N) is 2. The molecule has 0 aliphatic carbocycles. The fraction of sp³-hybridized carbons (Fsp3) is 0.450. The van der Waals surface area contributed by atoms with Gasteiger partial charge < -0.3 is 14.8 Å². The number of methoxy groups -OCH3 is 1. The summed E-state index contributed by atoms with van der Waals surface area (Å²) in [6.07, 6.45) is 2.07. The molecule has 25 heavy (non-hydrogen) atoms. The molecule has 1 aromatic carbocycles. The van der Waals surface area contributed by atoms with Crippen LogP contribution in [0.1, 0.15) is 31.0 Å². The van der Waals surface area contributed by atoms with E-state index >= 15 is 0 Å². The van der Waals surface area contributed by atoms with Crippen molar-refractivity contribution in [3.05, 3.63) is 53.7 Å². The third-order valence-corrected chi connectivity index (χ3v) is 4.33. The molecule has 0 saturated carbocycles. The predicted octanol–water partition coefficient (Wildman–Crippen LogP) is 3.02. The minimum atomic E-state index is 0.172. The molecule has 1 unspecified atom stereocenters. The maximum atomic E-state index is 6.00. The van der Waals surface area contributed by atoms with Gasteiger partial charge in [0.25, 0.3) is 0 Å². The Hall–Kier alpha value is -2.11. The van der Waals surface area contributed by atoms with Gasteiger partial charge in [0.05, 0.1) is 13.2 Å². The van der Waals surface area contributed by atoms with Gasteiger partial charge in [0.15, 0.2) is 0 Å². The molecule has 0 spiro atoms. The lowest BCUT2D eigenvalue weighted by Crippen LogP contribution is -2.45. The zero-order valence-electron chi connectivity index (χ0n) is 15.2. The molecule has 0 amide bonds. The highest BCUT2D eigenvalue weighted by atomic mass is 16.5. The number of rotatable bonds is 6. The third kappa shape index (κ3) is 4.71. The van der Waals surface area contributed by atoms with Gasteiger partial charge in [-0.3, -0.25) is 4.90 Å². The quantitative estimate of drug-likeness (QED) is 0.875. The van der Waals surface area contributed by atoms with Crippen LogP contribution in [0.3, 0.4) is 0 Å². The van der Waals surface area contributed by atoms with Gasteiger partial charge in [0, 0.05) is 50.0 Å². The SMILES string of the molecule is COc1ccc(CN2CCNC(c3ccccc3OC(C)C)C2)cn1. The molecular formula is C20H27N3O2. The number of nitrogens with one attached hydrogen (secondary N) is 1. The minimum absolute atomic E-state index is 0.172. The number of benzene rings is 1. The lowest BCUT2D eigenvalue weighted by molar-refractivity contribution is 0.186. The lowest BCUT2D eigenvalue weighted by atomic mass is 10.0. The standard InChI is InChI=1S/C20H27N3O2/c1-15(2)25-19-7-5-4-6-17(19)18-14-23(11-10-21-18)13-16-8-9-20(24-3)22-12-16/h4-9,12,15,18,21H,10-11,13-14H2,1-3H3. The van der Waals surface area contributed by atoms with Crippen molar-refractivity contribution in [2.24, 2.45) is 0 Å². The van der Waals surface area contributed by atoms with E-state index < -0.39 is 0 Å². The second-order valence-corrected chi connectivity index (χ2v) is 6.66. The molecule has 1 saturated heterocycles. The van der Waals surface area contributed by atoms with Gasteiger partial charge in [-0.05, 0) is 25.5 Å². The van der Waals surface area contributed by atoms with E-state index in [1.807, 2.05) is 18.3 Å². The molecule has 1 aliphatic heterocycles. The summed E-state index contributed by atoms with van der Waals surface area (Å²) < 4.78 is 11.1. The summed E-state index contributed by atoms with van der Waals surface area (Å²) in [5, 5.41) is 3.63. The van der Waals surface area contributed by atoms with Gasteiger partial charge >= 0.3 is 0 Å². The van der Waals surface area contributed by atoms with Crippen molar-refractivity contribution in [3.63, 3.8) is 0 Å². The molecular weight excluding hydrogens is 314 g/mol. The summed E-state index contributed by atoms with van der Waals surface area (Å²) in [6, 6.07) is 12.6. The number of ether oxygens (including phenoxy) is 2. The molecule has 1 N–H and O–H groups in total. The average molecular weight is 341 g/mol. The Morgan fingerprint density at radius 1 is 1.24 bits per heavy atom. The van der Waals surface area contributed by atoms with Crippen molar-refractivity contribution in [2.45, 2.75) is 32.5 Å². The van der Waals surface area contributed by atoms with Crippen molar-refractivity contribution < 1.29 is 9.47 Å². The van der Waals surface area contributed by atoms with Crippen LogP contribution < -0.4 is 14.8 Å². The second-order valence-electron chi connectivity index (χ2n) is 6.66. The molecule has 0 radical (unpaired) electrons. The van der Waals surface area contributed by atoms with E-state index in [1.54, 1.807) is 7.11 Å². The van der Waals surface area contributed by atoms with Crippen LogP contribution in [0.2, 0.25) is 0 Å². The Balaban J connectivity index is 1.68. The van der Waals surface area contributed by atoms with Gasteiger partial charge in [-0.2, -0.15) is 0 Å². The number of hydrogen-bond acceptors (Lipinski definition) is 5. The largest absolute Gasteiger partial charge is 0.491 e. The predicted molar refractivity (Wildman–Crippen MR) is 99.0 cm³/mol. The minimum Gasteiger partial charge on any atom is -0.491 e. The van der Waals surface area contributed by atoms with E-state index in [1.165, 1.54) is 11.1 Å². The Morgan fingerprint density at radius 2 is 2.08 bits per heavy atom. The molecule has 5 heteroatoms. The molecule has 2 heterocycles. The van der Waals surface area contributed by atoms with Crippen LogP contribution in [0, 0.1) is 0 Å². The molecule has 134 valence electrons. The fourth-order valence-electron chi connectivity index (χ4n) is 3.18. The van der Waals surface area contributed by atoms with Crippen molar-refractivity contribution in [3.8, 4) is 11.6 Å². The molecule has 5 nitrogen and oxygen atoms in total. The number of para-hydroxylation sites is 1. The smallest absolute Gasteiger partial charge is 0.212 e. The first-order chi connectivity index (χ1) is 12.2. The van der Waals surface area contributed by atoms with E-state index in [4.69, 9.17) is 9.47 Å². The fourth-order valence-corrected chi connectivity index (χ4v) is 3.18. The molecule has 1 fully saturated rings. The highest BCUT2D eigenvalue weighted by Gasteiger charge is 2.23. The second kappa shape index (κ2) is 8.32. The number of hydrogen-bond donors (Lipinski definition) is 1. The Bertz CT molecular complexity index is 673. The van der Waals surface area contributed by atoms with Crippen molar-refractivity contribution in [1.82, 2.24) is 15.2 Å². The maximum Gasteiger partial charge on any atom is 0.212 e. The molecule has 0 bridgehead atoms. The van der Waals surface area contributed by atoms with Crippen LogP contribution in [-0.4, -0.2) is 42.7 Å². The summed E-state index contributed by atoms with van der Waals surface area (Å²) in [5.74, 6) is 1.63. The average Bonchev–Trinajstić information content (AvgIpc) is 2.62. The third-order valence-electron chi connectivity index (χ3n) is 4.33. The summed E-state index contributed by atoms with van der Waals surface area (Å²) in [4.78, 5) is 6.76. The maximum absolute atomic E-state index is 6.00. The molecule has 2 aromatic rings. The van der Waals surface area contributed by atoms with Crippen molar-refractivity contribution >= 4 is 0 Å². The number of aromatic nitrogens is 1. The van der Waals surface area contributed by atoms with Crippen molar-refractivity contribution in [1.29, 1.82) is 0 Å². The van der Waals surface area contributed by atoms with E-state index in [9.17, 15) is 0 Å². The first kappa shape index (κ1) is 17.7. The monoisotopic (exact) mass is 341 g/mol. The molecule has 1 aromatic heterocycles. The Morgan fingerprint density at radius 3 is 2.80 bits per heavy atom. The summed E-state index contributed by atoms with van der Waals surface area (Å²) in [5.41, 5.74) is 2.43. The Labute approximate surface area is 150 Å². The molecule has 3 rings (SSSR count). The normalized spacial score (nSPS) is 18.3. The van der Waals surface area contributed by atoms with Crippen molar-refractivity contribution in [2.75, 3.05) is 26.7 Å². The van der Waals surface area contributed by atoms with Gasteiger partial charge in [0.2, 0.25) is 5.88 Å². The summed E-state index contributed by atoms with van der Waals surface area (Å²) in [7, 11) is 1.64. The van der Waals surface area contributed by atoms with E-state index in [2.05, 4.69) is 53.3 Å². The molecule has 1 aliphatic rings. The van der Waals surface area contributed by atoms with Crippen LogP contribution in [-0.2, 0) is 6.54 Å². The lowest BCUT2D eigenvalue weighted by Gasteiger charge is -2.34. The van der Waals surface area contributed by atoms with Crippen LogP contribution in [0.15, 0.2) is 42.6 Å². The van der Waals surface area contributed by atoms with Crippen LogP contribution in [0.4, 0.5) is 0 Å². The topological polar surface area (TPSA) is 46.6 Å². The summed E-state index contributed by atoms with van der Waals surface area (Å²) in [6.45, 7) is 7.95. The first-order valence-electron chi connectivity index (χ1n) is 8.86. The first-order valence-corrected chi connectivity index (χ1v) is 8.86. The highest BCUT2D eigenvalue weighted by Crippen LogP contribution is 2.28. The van der Waals surface area contributed by atoms with Gasteiger partial charge in [-0.25, -0.2) is 4.98 Å². The zero-order chi connectivity index (χ0) is 17.6. The van der Waals surface area contributed by atoms with E-state index in [-0.39, 0.29) is 12.1 Å². The van der Waals surface area contributed by atoms with Gasteiger partial charge in [0.1, 0.15) is 5.75 Å². The van der Waals surface area contributed by atoms with Crippen LogP contribution in [0.25, 0.3) is 0 Å². The van der Waals surface area contributed by atoms with Gasteiger partial charge in [-0.15, -0.1) is 0 Å². The van der Waals surface area contributed by atoms with E-state index in [0.717, 1.165) is 31.9 Å². The van der Waals surface area contributed by atoms with E-state index in [0.29, 0.717) is 5.88 Å². The Kier molecular flexibility index (Phi) is 5.89. The zero-order valence-corrected chi connectivity index (χ0v) is 15.2. The summed E-state index contributed by atoms with van der Waals surface area (Å²) >= 11 is 0. The number of piperazine rings is 1. The number of pyridine rings is 1. The van der Waals surface area contributed by atoms with Gasteiger partial charge in [-0.1, -0.05) is 24.3 Å². The van der Waals surface area contributed by atoms with Crippen LogP contribution in [0.5, 0.6) is 11.6 Å². The molecule has 1 atom stereocenters. The highest BCUT2D eigenvalue weighted by molar-refractivity contribution is 5.36. The van der Waals surface area contributed by atoms with Crippen LogP contribution >= 0.6 is 0 Å².